The van der Waals surface area contributed by atoms with Gasteiger partial charge in [-0.1, -0.05) is 18.6 Å². The standard InChI is InChI=1S/C11H14O/c12-8-6-10-3-1-4-11(10)7(2-5-10)9(8)11/h2,5,7-9,12H,1,3-4,6H2/t7?,8-,9?,10?,11?/m1/s1. The number of fused-ring (bicyclic) bond motifs is 1. The van der Waals surface area contributed by atoms with E-state index < -0.39 is 0 Å². The van der Waals surface area contributed by atoms with Crippen molar-refractivity contribution in [3.63, 3.8) is 0 Å². The second-order valence-corrected chi connectivity index (χ2v) is 5.23. The van der Waals surface area contributed by atoms with Crippen molar-refractivity contribution in [3.05, 3.63) is 12.2 Å². The van der Waals surface area contributed by atoms with E-state index in [1.165, 1.54) is 19.3 Å². The first-order valence-electron chi connectivity index (χ1n) is 5.18. The van der Waals surface area contributed by atoms with Crippen LogP contribution in [-0.2, 0) is 0 Å². The molecule has 1 spiro atoms. The van der Waals surface area contributed by atoms with E-state index in [9.17, 15) is 5.11 Å². The smallest absolute Gasteiger partial charge is 0.0588 e. The minimum Gasteiger partial charge on any atom is -0.393 e. The largest absolute Gasteiger partial charge is 0.393 e. The molecule has 64 valence electrons. The molecule has 1 nitrogen and oxygen atoms in total. The molecule has 1 N–H and O–H groups in total. The van der Waals surface area contributed by atoms with E-state index in [0.717, 1.165) is 12.3 Å². The van der Waals surface area contributed by atoms with Gasteiger partial charge in [0.1, 0.15) is 0 Å². The first-order valence-corrected chi connectivity index (χ1v) is 5.18. The Bertz CT molecular complexity index is 295. The summed E-state index contributed by atoms with van der Waals surface area (Å²) in [5.41, 5.74) is 1.06. The van der Waals surface area contributed by atoms with Crippen LogP contribution in [0.4, 0.5) is 0 Å². The van der Waals surface area contributed by atoms with E-state index in [4.69, 9.17) is 0 Å². The Balaban J connectivity index is 1.96. The summed E-state index contributed by atoms with van der Waals surface area (Å²) in [6.07, 6.45) is 10.1. The van der Waals surface area contributed by atoms with Gasteiger partial charge in [-0.2, -0.15) is 0 Å². The lowest BCUT2D eigenvalue weighted by molar-refractivity contribution is 0.135. The Kier molecular flexibility index (Phi) is 0.730. The van der Waals surface area contributed by atoms with Crippen molar-refractivity contribution in [2.45, 2.75) is 31.8 Å². The van der Waals surface area contributed by atoms with Crippen LogP contribution in [0.25, 0.3) is 0 Å². The number of aliphatic hydroxyl groups is 1. The molecule has 5 atom stereocenters. The highest BCUT2D eigenvalue weighted by molar-refractivity contribution is 5.41. The van der Waals surface area contributed by atoms with Gasteiger partial charge in [0, 0.05) is 0 Å². The highest BCUT2D eigenvalue weighted by atomic mass is 16.3. The van der Waals surface area contributed by atoms with Crippen LogP contribution in [0.5, 0.6) is 0 Å². The number of allylic oxidation sites excluding steroid dienone is 2. The van der Waals surface area contributed by atoms with Crippen molar-refractivity contribution in [2.24, 2.45) is 22.7 Å². The molecule has 0 aliphatic heterocycles. The van der Waals surface area contributed by atoms with E-state index in [1.54, 1.807) is 0 Å². The molecule has 0 aromatic heterocycles. The van der Waals surface area contributed by atoms with Gasteiger partial charge in [0.05, 0.1) is 6.10 Å². The molecule has 0 amide bonds. The van der Waals surface area contributed by atoms with E-state index in [2.05, 4.69) is 12.2 Å². The third-order valence-corrected chi connectivity index (χ3v) is 5.22. The lowest BCUT2D eigenvalue weighted by atomic mass is 9.78. The predicted octanol–water partition coefficient (Wildman–Crippen LogP) is 1.72. The molecule has 3 fully saturated rings. The maximum atomic E-state index is 9.88. The molecule has 0 bridgehead atoms. The van der Waals surface area contributed by atoms with E-state index in [-0.39, 0.29) is 6.10 Å². The predicted molar refractivity (Wildman–Crippen MR) is 45.5 cm³/mol. The molecule has 0 saturated heterocycles. The van der Waals surface area contributed by atoms with Crippen LogP contribution in [0.2, 0.25) is 0 Å². The zero-order valence-electron chi connectivity index (χ0n) is 7.16. The molecule has 4 aliphatic rings. The Morgan fingerprint density at radius 2 is 2.25 bits per heavy atom. The van der Waals surface area contributed by atoms with E-state index >= 15 is 0 Å². The van der Waals surface area contributed by atoms with Crippen LogP contribution in [0.3, 0.4) is 0 Å². The summed E-state index contributed by atoms with van der Waals surface area (Å²) in [6, 6.07) is 0. The van der Waals surface area contributed by atoms with Crippen molar-refractivity contribution in [2.75, 3.05) is 0 Å². The van der Waals surface area contributed by atoms with Gasteiger partial charge in [-0.3, -0.25) is 0 Å². The second-order valence-electron chi connectivity index (χ2n) is 5.23. The summed E-state index contributed by atoms with van der Waals surface area (Å²) in [5.74, 6) is 1.45. The summed E-state index contributed by atoms with van der Waals surface area (Å²) in [4.78, 5) is 0. The summed E-state index contributed by atoms with van der Waals surface area (Å²) < 4.78 is 0. The van der Waals surface area contributed by atoms with Gasteiger partial charge in [0.15, 0.2) is 0 Å². The average Bonchev–Trinajstić information content (AvgIpc) is 2.23. The molecule has 4 rings (SSSR count). The number of aliphatic hydroxyl groups excluding tert-OH is 1. The van der Waals surface area contributed by atoms with Crippen LogP contribution in [-0.4, -0.2) is 11.2 Å². The summed E-state index contributed by atoms with van der Waals surface area (Å²) in [5, 5.41) is 9.88. The van der Waals surface area contributed by atoms with Crippen molar-refractivity contribution in [1.29, 1.82) is 0 Å². The van der Waals surface area contributed by atoms with Crippen molar-refractivity contribution >= 4 is 0 Å². The molecule has 4 aliphatic carbocycles. The molecule has 1 heteroatoms. The monoisotopic (exact) mass is 162 g/mol. The summed E-state index contributed by atoms with van der Waals surface area (Å²) in [6.45, 7) is 0. The van der Waals surface area contributed by atoms with Crippen LogP contribution in [0.15, 0.2) is 12.2 Å². The normalized spacial score (nSPS) is 69.9. The van der Waals surface area contributed by atoms with Crippen LogP contribution in [0.1, 0.15) is 25.7 Å². The molecule has 3 saturated carbocycles. The third-order valence-electron chi connectivity index (χ3n) is 5.22. The topological polar surface area (TPSA) is 20.2 Å². The first kappa shape index (κ1) is 6.20. The fourth-order valence-electron chi connectivity index (χ4n) is 4.94. The Morgan fingerprint density at radius 3 is 3.00 bits per heavy atom. The average molecular weight is 162 g/mol. The molecular formula is C11H14O. The molecule has 12 heavy (non-hydrogen) atoms. The lowest BCUT2D eigenvalue weighted by Gasteiger charge is -2.26. The van der Waals surface area contributed by atoms with Gasteiger partial charge in [0.25, 0.3) is 0 Å². The van der Waals surface area contributed by atoms with Gasteiger partial charge in [0.2, 0.25) is 0 Å². The van der Waals surface area contributed by atoms with E-state index in [0.29, 0.717) is 16.7 Å². The van der Waals surface area contributed by atoms with Gasteiger partial charge in [-0.05, 0) is 41.9 Å². The van der Waals surface area contributed by atoms with Gasteiger partial charge in [-0.15, -0.1) is 0 Å². The molecule has 4 unspecified atom stereocenters. The molecule has 0 heterocycles. The highest BCUT2D eigenvalue weighted by Crippen LogP contribution is 2.85. The zero-order valence-corrected chi connectivity index (χ0v) is 7.16. The summed E-state index contributed by atoms with van der Waals surface area (Å²) in [7, 11) is 0. The minimum atomic E-state index is 0.0327. The van der Waals surface area contributed by atoms with E-state index in [1.807, 2.05) is 0 Å². The fraction of sp³-hybridized carbons (Fsp3) is 0.818. The van der Waals surface area contributed by atoms with Crippen LogP contribution >= 0.6 is 0 Å². The van der Waals surface area contributed by atoms with Crippen molar-refractivity contribution < 1.29 is 5.11 Å². The van der Waals surface area contributed by atoms with Gasteiger partial charge >= 0.3 is 0 Å². The van der Waals surface area contributed by atoms with Crippen LogP contribution < -0.4 is 0 Å². The SMILES string of the molecule is O[C@@H]1CC23C=CC4C1C42CCC3. The van der Waals surface area contributed by atoms with Crippen molar-refractivity contribution in [3.8, 4) is 0 Å². The number of hydrogen-bond donors (Lipinski definition) is 1. The number of hydrogen-bond acceptors (Lipinski definition) is 1. The minimum absolute atomic E-state index is 0.0327. The molecule has 0 radical (unpaired) electrons. The molecule has 0 aromatic rings. The number of rotatable bonds is 0. The lowest BCUT2D eigenvalue weighted by Crippen LogP contribution is -2.21. The molecule has 0 aromatic carbocycles. The van der Waals surface area contributed by atoms with Gasteiger partial charge in [-0.25, -0.2) is 0 Å². The molecular weight excluding hydrogens is 148 g/mol. The maximum Gasteiger partial charge on any atom is 0.0588 e. The quantitative estimate of drug-likeness (QED) is 0.538. The second kappa shape index (κ2) is 1.41. The zero-order chi connectivity index (χ0) is 7.97. The Hall–Kier alpha value is -0.300. The Labute approximate surface area is 72.5 Å². The highest BCUT2D eigenvalue weighted by Gasteiger charge is 2.81. The maximum absolute atomic E-state index is 9.88. The van der Waals surface area contributed by atoms with Crippen LogP contribution in [0, 0.1) is 22.7 Å². The summed E-state index contributed by atoms with van der Waals surface area (Å²) >= 11 is 0. The fourth-order valence-corrected chi connectivity index (χ4v) is 4.94. The van der Waals surface area contributed by atoms with Crippen molar-refractivity contribution in [1.82, 2.24) is 0 Å². The third kappa shape index (κ3) is 0.352. The Morgan fingerprint density at radius 1 is 1.33 bits per heavy atom. The van der Waals surface area contributed by atoms with Gasteiger partial charge < -0.3 is 5.11 Å². The first-order chi connectivity index (χ1) is 5.80.